The van der Waals surface area contributed by atoms with Crippen LogP contribution in [0.15, 0.2) is 54.7 Å². The van der Waals surface area contributed by atoms with E-state index in [-0.39, 0.29) is 5.41 Å². The third-order valence-corrected chi connectivity index (χ3v) is 5.25. The van der Waals surface area contributed by atoms with Gasteiger partial charge in [0.25, 0.3) is 0 Å². The highest BCUT2D eigenvalue weighted by Crippen LogP contribution is 2.46. The zero-order chi connectivity index (χ0) is 14.0. The van der Waals surface area contributed by atoms with Crippen molar-refractivity contribution in [1.82, 2.24) is 4.57 Å². The van der Waals surface area contributed by atoms with Crippen molar-refractivity contribution in [2.24, 2.45) is 0 Å². The van der Waals surface area contributed by atoms with Gasteiger partial charge in [-0.05, 0) is 59.0 Å². The van der Waals surface area contributed by atoms with Crippen molar-refractivity contribution in [2.75, 3.05) is 0 Å². The fraction of sp³-hybridized carbons (Fsp3) is 0.200. The Morgan fingerprint density at radius 3 is 2.71 bits per heavy atom. The summed E-state index contributed by atoms with van der Waals surface area (Å²) in [6.45, 7) is 3.40. The first-order valence-electron chi connectivity index (χ1n) is 7.64. The van der Waals surface area contributed by atoms with E-state index in [2.05, 4.69) is 72.3 Å². The minimum absolute atomic E-state index is 0.116. The van der Waals surface area contributed by atoms with Crippen molar-refractivity contribution in [2.45, 2.75) is 25.3 Å². The Bertz CT molecular complexity index is 913. The zero-order valence-corrected chi connectivity index (χ0v) is 12.1. The third-order valence-electron chi connectivity index (χ3n) is 5.25. The number of allylic oxidation sites excluding steroid dienone is 1. The molecule has 3 aromatic rings. The van der Waals surface area contributed by atoms with Gasteiger partial charge in [-0.3, -0.25) is 0 Å². The van der Waals surface area contributed by atoms with Crippen molar-refractivity contribution < 1.29 is 0 Å². The number of hydrogen-bond donors (Lipinski definition) is 0. The van der Waals surface area contributed by atoms with E-state index in [9.17, 15) is 0 Å². The summed E-state index contributed by atoms with van der Waals surface area (Å²) in [5, 5.41) is 2.70. The molecule has 2 aliphatic rings. The molecule has 1 heteroatoms. The normalized spacial score (nSPS) is 22.1. The fourth-order valence-electron chi connectivity index (χ4n) is 4.26. The molecule has 2 heterocycles. The largest absolute Gasteiger partial charge is 0.346 e. The molecular formula is C20H17N. The number of nitrogens with zero attached hydrogens (tertiary/aromatic N) is 1. The van der Waals surface area contributed by atoms with Crippen molar-refractivity contribution >= 4 is 16.8 Å². The molecule has 102 valence electrons. The minimum atomic E-state index is 0.116. The van der Waals surface area contributed by atoms with Gasteiger partial charge in [-0.15, -0.1) is 0 Å². The Morgan fingerprint density at radius 2 is 1.86 bits per heavy atom. The molecular weight excluding hydrogens is 254 g/mol. The van der Waals surface area contributed by atoms with E-state index in [0.29, 0.717) is 0 Å². The molecule has 0 bridgehead atoms. The first kappa shape index (κ1) is 11.4. The monoisotopic (exact) mass is 271 g/mol. The Hall–Kier alpha value is -2.28. The molecule has 0 unspecified atom stereocenters. The number of rotatable bonds is 0. The van der Waals surface area contributed by atoms with Crippen LogP contribution in [-0.4, -0.2) is 4.57 Å². The average molecular weight is 271 g/mol. The maximum atomic E-state index is 2.44. The van der Waals surface area contributed by atoms with Gasteiger partial charge in [-0.2, -0.15) is 0 Å². The van der Waals surface area contributed by atoms with E-state index in [1.165, 1.54) is 33.2 Å². The first-order chi connectivity index (χ1) is 10.3. The van der Waals surface area contributed by atoms with E-state index >= 15 is 0 Å². The second-order valence-corrected chi connectivity index (χ2v) is 6.54. The first-order valence-corrected chi connectivity index (χ1v) is 7.64. The van der Waals surface area contributed by atoms with Gasteiger partial charge in [0.15, 0.2) is 0 Å². The molecule has 2 aromatic carbocycles. The molecule has 0 radical (unpaired) electrons. The number of hydrogen-bond acceptors (Lipinski definition) is 0. The lowest BCUT2D eigenvalue weighted by Crippen LogP contribution is -2.34. The van der Waals surface area contributed by atoms with E-state index in [1.807, 2.05) is 0 Å². The van der Waals surface area contributed by atoms with Gasteiger partial charge in [-0.1, -0.05) is 36.4 Å². The predicted octanol–water partition coefficient (Wildman–Crippen LogP) is 4.73. The summed E-state index contributed by atoms with van der Waals surface area (Å²) < 4.78 is 2.44. The molecule has 1 nitrogen and oxygen atoms in total. The molecule has 0 spiro atoms. The van der Waals surface area contributed by atoms with Crippen LogP contribution in [0.3, 0.4) is 0 Å². The van der Waals surface area contributed by atoms with Crippen LogP contribution < -0.4 is 0 Å². The summed E-state index contributed by atoms with van der Waals surface area (Å²) in [6.07, 6.45) is 7.95. The Kier molecular flexibility index (Phi) is 1.99. The van der Waals surface area contributed by atoms with E-state index < -0.39 is 0 Å². The highest BCUT2D eigenvalue weighted by molar-refractivity contribution is 5.85. The smallest absolute Gasteiger partial charge is 0.0476 e. The third kappa shape index (κ3) is 1.36. The Labute approximate surface area is 124 Å². The highest BCUT2D eigenvalue weighted by atomic mass is 15.0. The topological polar surface area (TPSA) is 4.93 Å². The van der Waals surface area contributed by atoms with Crippen LogP contribution in [0.1, 0.15) is 35.7 Å². The molecule has 1 atom stereocenters. The number of benzene rings is 2. The maximum Gasteiger partial charge on any atom is 0.0476 e. The number of aromatic nitrogens is 1. The fourth-order valence-corrected chi connectivity index (χ4v) is 4.26. The molecule has 1 aliphatic heterocycles. The summed E-state index contributed by atoms with van der Waals surface area (Å²) >= 11 is 0. The molecule has 0 saturated carbocycles. The van der Waals surface area contributed by atoms with Crippen LogP contribution in [0, 0.1) is 0 Å². The summed E-state index contributed by atoms with van der Waals surface area (Å²) in [6, 6.07) is 15.8. The van der Waals surface area contributed by atoms with Gasteiger partial charge in [0, 0.05) is 23.9 Å². The van der Waals surface area contributed by atoms with Crippen molar-refractivity contribution in [3.05, 3.63) is 77.1 Å². The van der Waals surface area contributed by atoms with Gasteiger partial charge in [0.2, 0.25) is 0 Å². The van der Waals surface area contributed by atoms with Crippen molar-refractivity contribution in [1.29, 1.82) is 0 Å². The summed E-state index contributed by atoms with van der Waals surface area (Å²) in [5.41, 5.74) is 5.99. The van der Waals surface area contributed by atoms with Gasteiger partial charge in [0.1, 0.15) is 0 Å². The van der Waals surface area contributed by atoms with Crippen molar-refractivity contribution in [3.8, 4) is 0 Å². The standard InChI is InChI=1S/C20H17N/c1-20-9-4-7-14-8-10-21(19(14)20)13-17-11-15-5-2-3-6-16(15)12-18(17)20/h2-8,10-12H,9,13H2,1H3/t20-/m1/s1. The predicted molar refractivity (Wildman–Crippen MR) is 87.6 cm³/mol. The zero-order valence-electron chi connectivity index (χ0n) is 12.1. The molecule has 1 aliphatic carbocycles. The highest BCUT2D eigenvalue weighted by Gasteiger charge is 2.39. The molecule has 5 rings (SSSR count). The molecule has 1 aromatic heterocycles. The van der Waals surface area contributed by atoms with Crippen LogP contribution in [0.25, 0.3) is 16.8 Å². The van der Waals surface area contributed by atoms with Crippen LogP contribution >= 0.6 is 0 Å². The quantitative estimate of drug-likeness (QED) is 0.557. The molecule has 21 heavy (non-hydrogen) atoms. The van der Waals surface area contributed by atoms with E-state index in [4.69, 9.17) is 0 Å². The lowest BCUT2D eigenvalue weighted by Gasteiger charge is -2.39. The SMILES string of the molecule is C[C@]12CC=Cc3ccn(c31)Cc1cc3ccccc3cc12. The Morgan fingerprint density at radius 1 is 1.05 bits per heavy atom. The van der Waals surface area contributed by atoms with Crippen LogP contribution in [-0.2, 0) is 12.0 Å². The number of fused-ring (bicyclic) bond motifs is 3. The lowest BCUT2D eigenvalue weighted by atomic mass is 9.69. The lowest BCUT2D eigenvalue weighted by molar-refractivity contribution is 0.489. The Balaban J connectivity index is 1.87. The van der Waals surface area contributed by atoms with Crippen LogP contribution in [0.4, 0.5) is 0 Å². The summed E-state index contributed by atoms with van der Waals surface area (Å²) in [7, 11) is 0. The van der Waals surface area contributed by atoms with Gasteiger partial charge in [-0.25, -0.2) is 0 Å². The molecule has 0 fully saturated rings. The summed E-state index contributed by atoms with van der Waals surface area (Å²) in [5.74, 6) is 0. The van der Waals surface area contributed by atoms with Crippen LogP contribution in [0.2, 0.25) is 0 Å². The molecule has 0 saturated heterocycles. The molecule has 0 amide bonds. The van der Waals surface area contributed by atoms with Crippen molar-refractivity contribution in [3.63, 3.8) is 0 Å². The van der Waals surface area contributed by atoms with Gasteiger partial charge >= 0.3 is 0 Å². The second-order valence-electron chi connectivity index (χ2n) is 6.54. The average Bonchev–Trinajstić information content (AvgIpc) is 2.91. The van der Waals surface area contributed by atoms with E-state index in [0.717, 1.165) is 13.0 Å². The summed E-state index contributed by atoms with van der Waals surface area (Å²) in [4.78, 5) is 0. The second kappa shape index (κ2) is 3.67. The maximum absolute atomic E-state index is 2.44. The van der Waals surface area contributed by atoms with E-state index in [1.54, 1.807) is 0 Å². The van der Waals surface area contributed by atoms with Crippen LogP contribution in [0.5, 0.6) is 0 Å². The van der Waals surface area contributed by atoms with Gasteiger partial charge in [0.05, 0.1) is 0 Å². The van der Waals surface area contributed by atoms with Gasteiger partial charge < -0.3 is 4.57 Å². The minimum Gasteiger partial charge on any atom is -0.346 e. The molecule has 0 N–H and O–H groups in total.